The van der Waals surface area contributed by atoms with Crippen molar-refractivity contribution < 1.29 is 23.0 Å². The number of carbonyl (C=O) groups is 1. The minimum Gasteiger partial charge on any atom is -0.474 e. The molecule has 12 heteroatoms. The lowest BCUT2D eigenvalue weighted by Crippen LogP contribution is -2.46. The number of benzene rings is 1. The first-order valence-electron chi connectivity index (χ1n) is 14.2. The van der Waals surface area contributed by atoms with Crippen LogP contribution in [0.1, 0.15) is 57.2 Å². The van der Waals surface area contributed by atoms with Gasteiger partial charge in [0.25, 0.3) is 6.43 Å². The van der Waals surface area contributed by atoms with Crippen LogP contribution in [0.15, 0.2) is 30.3 Å². The van der Waals surface area contributed by atoms with Crippen LogP contribution in [0.2, 0.25) is 0 Å². The molecule has 40 heavy (non-hydrogen) atoms. The summed E-state index contributed by atoms with van der Waals surface area (Å²) in [5.41, 5.74) is 1.01. The predicted octanol–water partition coefficient (Wildman–Crippen LogP) is 3.54. The number of para-hydroxylation sites is 2. The molecule has 3 aromatic rings. The number of nitrogens with zero attached hydrogens (tertiary/aromatic N) is 5. The maximum atomic E-state index is 14.1. The van der Waals surface area contributed by atoms with E-state index in [9.17, 15) is 13.6 Å². The van der Waals surface area contributed by atoms with Crippen molar-refractivity contribution in [3.05, 3.63) is 36.2 Å². The number of hydrogen-bond donors (Lipinski definition) is 2. The van der Waals surface area contributed by atoms with Gasteiger partial charge >= 0.3 is 0 Å². The van der Waals surface area contributed by atoms with Crippen LogP contribution < -0.4 is 20.3 Å². The zero-order chi connectivity index (χ0) is 27.5. The van der Waals surface area contributed by atoms with Crippen LogP contribution in [0, 0.1) is 0 Å². The highest BCUT2D eigenvalue weighted by Gasteiger charge is 2.27. The van der Waals surface area contributed by atoms with E-state index in [1.165, 1.54) is 11.0 Å². The van der Waals surface area contributed by atoms with Gasteiger partial charge in [-0.2, -0.15) is 9.97 Å². The standard InChI is InChI=1S/C28H35F2N7O3/c29-26(30)27-33-21-6-1-2-7-22(21)37(27)23-16-25(35-28(34-23)36-12-14-39-15-13-36)40-20-10-8-19(9-11-20)32-24(38)17-31-18-4-3-5-18/h1-2,6-7,16,18-20,26,31H,3-5,8-15,17H2,(H,32,38)/t19-,20-. The van der Waals surface area contributed by atoms with Crippen LogP contribution in [0.5, 0.6) is 5.88 Å². The Bertz CT molecular complexity index is 1320. The molecular formula is C28H35F2N7O3. The number of aromatic nitrogens is 4. The van der Waals surface area contributed by atoms with Crippen molar-refractivity contribution in [1.29, 1.82) is 0 Å². The summed E-state index contributed by atoms with van der Waals surface area (Å²) in [6.45, 7) is 2.61. The molecule has 0 radical (unpaired) electrons. The highest BCUT2D eigenvalue weighted by atomic mass is 19.3. The van der Waals surface area contributed by atoms with Crippen molar-refractivity contribution in [3.8, 4) is 11.7 Å². The number of fused-ring (bicyclic) bond motifs is 1. The molecule has 3 fully saturated rings. The van der Waals surface area contributed by atoms with Gasteiger partial charge in [0.2, 0.25) is 17.7 Å². The van der Waals surface area contributed by atoms with Gasteiger partial charge in [-0.15, -0.1) is 0 Å². The molecule has 0 bridgehead atoms. The van der Waals surface area contributed by atoms with Crippen LogP contribution in [-0.4, -0.2) is 76.5 Å². The molecule has 2 N–H and O–H groups in total. The van der Waals surface area contributed by atoms with Crippen LogP contribution in [-0.2, 0) is 9.53 Å². The molecule has 2 aromatic heterocycles. The molecule has 3 aliphatic rings. The van der Waals surface area contributed by atoms with Crippen LogP contribution in [0.4, 0.5) is 14.7 Å². The van der Waals surface area contributed by atoms with Gasteiger partial charge in [0, 0.05) is 31.2 Å². The second-order valence-corrected chi connectivity index (χ2v) is 10.7. The molecule has 1 saturated heterocycles. The van der Waals surface area contributed by atoms with Gasteiger partial charge in [0.05, 0.1) is 30.8 Å². The lowest BCUT2D eigenvalue weighted by molar-refractivity contribution is -0.121. The lowest BCUT2D eigenvalue weighted by Gasteiger charge is -2.31. The number of amides is 1. The Labute approximate surface area is 231 Å². The highest BCUT2D eigenvalue weighted by molar-refractivity contribution is 5.78. The molecule has 1 aliphatic heterocycles. The summed E-state index contributed by atoms with van der Waals surface area (Å²) in [5.74, 6) is 0.696. The van der Waals surface area contributed by atoms with Crippen molar-refractivity contribution >= 4 is 22.9 Å². The van der Waals surface area contributed by atoms with Gasteiger partial charge in [0.1, 0.15) is 11.9 Å². The van der Waals surface area contributed by atoms with Crippen molar-refractivity contribution in [2.75, 3.05) is 37.7 Å². The van der Waals surface area contributed by atoms with E-state index in [1.807, 2.05) is 4.90 Å². The first kappa shape index (κ1) is 26.8. The first-order chi connectivity index (χ1) is 19.5. The molecule has 2 saturated carbocycles. The Kier molecular flexibility index (Phi) is 8.05. The third-order valence-electron chi connectivity index (χ3n) is 7.97. The summed E-state index contributed by atoms with van der Waals surface area (Å²) in [4.78, 5) is 27.9. The third-order valence-corrected chi connectivity index (χ3v) is 7.97. The number of anilines is 1. The monoisotopic (exact) mass is 555 g/mol. The van der Waals surface area contributed by atoms with Crippen LogP contribution >= 0.6 is 0 Å². The third kappa shape index (κ3) is 6.02. The fourth-order valence-corrected chi connectivity index (χ4v) is 5.54. The molecule has 2 aliphatic carbocycles. The molecular weight excluding hydrogens is 520 g/mol. The minimum absolute atomic E-state index is 0.0363. The van der Waals surface area contributed by atoms with E-state index < -0.39 is 6.43 Å². The summed E-state index contributed by atoms with van der Waals surface area (Å²) in [6, 6.07) is 9.23. The number of ether oxygens (including phenoxy) is 2. The Hall–Kier alpha value is -3.38. The summed E-state index contributed by atoms with van der Waals surface area (Å²) in [6.07, 6.45) is 3.75. The molecule has 6 rings (SSSR count). The van der Waals surface area contributed by atoms with Crippen molar-refractivity contribution in [3.63, 3.8) is 0 Å². The summed E-state index contributed by atoms with van der Waals surface area (Å²) >= 11 is 0. The fraction of sp³-hybridized carbons (Fsp3) is 0.571. The number of halogens is 2. The summed E-state index contributed by atoms with van der Waals surface area (Å²) in [5, 5.41) is 6.44. The Morgan fingerprint density at radius 1 is 1.02 bits per heavy atom. The molecule has 3 heterocycles. The van der Waals surface area contributed by atoms with Crippen molar-refractivity contribution in [2.24, 2.45) is 0 Å². The van der Waals surface area contributed by atoms with E-state index in [2.05, 4.69) is 25.6 Å². The molecule has 0 unspecified atom stereocenters. The predicted molar refractivity (Wildman–Crippen MR) is 145 cm³/mol. The van der Waals surface area contributed by atoms with Gasteiger partial charge in [-0.05, 0) is 50.7 Å². The van der Waals surface area contributed by atoms with E-state index in [0.717, 1.165) is 38.5 Å². The summed E-state index contributed by atoms with van der Waals surface area (Å²) < 4.78 is 41.4. The van der Waals surface area contributed by atoms with Gasteiger partial charge < -0.3 is 25.0 Å². The number of hydrogen-bond acceptors (Lipinski definition) is 8. The Balaban J connectivity index is 1.19. The molecule has 1 aromatic carbocycles. The first-order valence-corrected chi connectivity index (χ1v) is 14.2. The second kappa shape index (κ2) is 12.0. The number of morpholine rings is 1. The van der Waals surface area contributed by atoms with Gasteiger partial charge in [0.15, 0.2) is 5.82 Å². The quantitative estimate of drug-likeness (QED) is 0.413. The zero-order valence-electron chi connectivity index (χ0n) is 22.4. The number of carbonyl (C=O) groups excluding carboxylic acids is 1. The average molecular weight is 556 g/mol. The lowest BCUT2D eigenvalue weighted by atomic mass is 9.92. The average Bonchev–Trinajstić information content (AvgIpc) is 3.34. The molecule has 10 nitrogen and oxygen atoms in total. The fourth-order valence-electron chi connectivity index (χ4n) is 5.54. The molecule has 1 amide bonds. The smallest absolute Gasteiger partial charge is 0.296 e. The number of alkyl halides is 2. The van der Waals surface area contributed by atoms with E-state index in [-0.39, 0.29) is 29.7 Å². The maximum absolute atomic E-state index is 14.1. The van der Waals surface area contributed by atoms with Gasteiger partial charge in [-0.3, -0.25) is 9.36 Å². The zero-order valence-corrected chi connectivity index (χ0v) is 22.4. The normalized spacial score (nSPS) is 21.9. The number of rotatable bonds is 9. The largest absolute Gasteiger partial charge is 0.474 e. The molecule has 0 atom stereocenters. The van der Waals surface area contributed by atoms with Gasteiger partial charge in [-0.25, -0.2) is 13.8 Å². The molecule has 0 spiro atoms. The maximum Gasteiger partial charge on any atom is 0.296 e. The van der Waals surface area contributed by atoms with Crippen molar-refractivity contribution in [2.45, 2.75) is 69.6 Å². The highest BCUT2D eigenvalue weighted by Crippen LogP contribution is 2.31. The van der Waals surface area contributed by atoms with E-state index >= 15 is 0 Å². The van der Waals surface area contributed by atoms with Crippen molar-refractivity contribution in [1.82, 2.24) is 30.2 Å². The summed E-state index contributed by atoms with van der Waals surface area (Å²) in [7, 11) is 0. The number of imidazole rings is 1. The minimum atomic E-state index is -2.78. The van der Waals surface area contributed by atoms with E-state index in [1.54, 1.807) is 30.3 Å². The second-order valence-electron chi connectivity index (χ2n) is 10.7. The Morgan fingerprint density at radius 2 is 1.80 bits per heavy atom. The van der Waals surface area contributed by atoms with E-state index in [4.69, 9.17) is 9.47 Å². The van der Waals surface area contributed by atoms with Gasteiger partial charge in [-0.1, -0.05) is 18.6 Å². The van der Waals surface area contributed by atoms with Crippen LogP contribution in [0.3, 0.4) is 0 Å². The van der Waals surface area contributed by atoms with Crippen LogP contribution in [0.25, 0.3) is 16.9 Å². The molecule has 214 valence electrons. The topological polar surface area (TPSA) is 106 Å². The Morgan fingerprint density at radius 3 is 2.52 bits per heavy atom. The SMILES string of the molecule is O=C(CNC1CCC1)N[C@H]1CC[C@H](Oc2cc(-n3c(C(F)F)nc4ccccc43)nc(N3CCOCC3)n2)CC1. The number of nitrogens with one attached hydrogen (secondary N) is 2. The van der Waals surface area contributed by atoms with E-state index in [0.29, 0.717) is 61.8 Å².